The molecule has 1 aromatic rings. The Hall–Kier alpha value is -1.32. The molecule has 0 aliphatic heterocycles. The summed E-state index contributed by atoms with van der Waals surface area (Å²) in [4.78, 5) is 9.10. The van der Waals surface area contributed by atoms with Gasteiger partial charge in [-0.25, -0.2) is 9.97 Å². The third-order valence-electron chi connectivity index (χ3n) is 5.97. The van der Waals surface area contributed by atoms with Crippen LogP contribution in [0.1, 0.15) is 56.8 Å². The number of nitrogens with one attached hydrogen (secondary N) is 1. The van der Waals surface area contributed by atoms with Gasteiger partial charge in [-0.15, -0.1) is 0 Å². The number of rotatable bonds is 3. The van der Waals surface area contributed by atoms with Crippen molar-refractivity contribution in [1.29, 1.82) is 0 Å². The molecule has 3 N–H and O–H groups in total. The molecule has 4 aliphatic carbocycles. The molecule has 114 valence electrons. The topological polar surface area (TPSA) is 63.8 Å². The van der Waals surface area contributed by atoms with Crippen LogP contribution in [-0.2, 0) is 6.42 Å². The van der Waals surface area contributed by atoms with Crippen LogP contribution in [0.25, 0.3) is 0 Å². The smallest absolute Gasteiger partial charge is 0.135 e. The molecule has 4 heteroatoms. The Morgan fingerprint density at radius 1 is 1.10 bits per heavy atom. The van der Waals surface area contributed by atoms with Crippen molar-refractivity contribution in [1.82, 2.24) is 9.97 Å². The Labute approximate surface area is 126 Å². The molecule has 0 aromatic carbocycles. The zero-order chi connectivity index (χ0) is 14.6. The van der Waals surface area contributed by atoms with Crippen LogP contribution in [0.3, 0.4) is 0 Å². The fraction of sp³-hybridized carbons (Fsp3) is 0.765. The molecule has 0 spiro atoms. The van der Waals surface area contributed by atoms with E-state index in [0.29, 0.717) is 5.82 Å². The third-order valence-corrected chi connectivity index (χ3v) is 5.97. The molecule has 0 saturated heterocycles. The highest BCUT2D eigenvalue weighted by Gasteiger charge is 2.51. The normalized spacial score (nSPS) is 37.0. The van der Waals surface area contributed by atoms with Crippen LogP contribution in [0.4, 0.5) is 11.6 Å². The summed E-state index contributed by atoms with van der Waals surface area (Å²) in [6.07, 6.45) is 9.20. The summed E-state index contributed by atoms with van der Waals surface area (Å²) >= 11 is 0. The second-order valence-electron chi connectivity index (χ2n) is 7.68. The first-order valence-corrected chi connectivity index (χ1v) is 8.48. The maximum absolute atomic E-state index is 6.07. The standard InChI is InChI=1S/C17H26N4/c1-3-14-19-15(18)10(2)16(20-14)21-17-7-11-4-12(8-17)6-13(5-11)9-17/h11-13H,3-9H2,1-2H3,(H3,18,19,20,21). The van der Waals surface area contributed by atoms with E-state index >= 15 is 0 Å². The predicted octanol–water partition coefficient (Wildman–Crippen LogP) is 3.31. The summed E-state index contributed by atoms with van der Waals surface area (Å²) in [5.74, 6) is 5.29. The average Bonchev–Trinajstić information content (AvgIpc) is 2.41. The lowest BCUT2D eigenvalue weighted by Gasteiger charge is -2.57. The van der Waals surface area contributed by atoms with E-state index in [9.17, 15) is 0 Å². The van der Waals surface area contributed by atoms with Crippen molar-refractivity contribution in [3.8, 4) is 0 Å². The Morgan fingerprint density at radius 3 is 2.19 bits per heavy atom. The van der Waals surface area contributed by atoms with Gasteiger partial charge in [0.25, 0.3) is 0 Å². The fourth-order valence-electron chi connectivity index (χ4n) is 5.38. The lowest BCUT2D eigenvalue weighted by molar-refractivity contribution is 0.0105. The molecule has 4 aliphatic rings. The average molecular weight is 286 g/mol. The second kappa shape index (κ2) is 4.59. The number of nitrogens with zero attached hydrogens (tertiary/aromatic N) is 2. The van der Waals surface area contributed by atoms with Crippen molar-refractivity contribution in [2.75, 3.05) is 11.1 Å². The number of nitrogen functional groups attached to an aromatic ring is 1. The van der Waals surface area contributed by atoms with E-state index in [0.717, 1.165) is 41.4 Å². The van der Waals surface area contributed by atoms with E-state index in [1.54, 1.807) is 0 Å². The first-order valence-electron chi connectivity index (χ1n) is 8.48. The van der Waals surface area contributed by atoms with Gasteiger partial charge in [-0.3, -0.25) is 0 Å². The first kappa shape index (κ1) is 13.4. The van der Waals surface area contributed by atoms with Gasteiger partial charge >= 0.3 is 0 Å². The fourth-order valence-corrected chi connectivity index (χ4v) is 5.38. The van der Waals surface area contributed by atoms with Gasteiger partial charge in [0.15, 0.2) is 0 Å². The Balaban J connectivity index is 1.65. The zero-order valence-corrected chi connectivity index (χ0v) is 13.2. The second-order valence-corrected chi connectivity index (χ2v) is 7.68. The van der Waals surface area contributed by atoms with Crippen LogP contribution in [0, 0.1) is 24.7 Å². The molecule has 4 bridgehead atoms. The lowest BCUT2D eigenvalue weighted by atomic mass is 9.53. The van der Waals surface area contributed by atoms with Crippen LogP contribution in [0.15, 0.2) is 0 Å². The van der Waals surface area contributed by atoms with Gasteiger partial charge in [0.05, 0.1) is 0 Å². The van der Waals surface area contributed by atoms with Crippen molar-refractivity contribution in [3.63, 3.8) is 0 Å². The lowest BCUT2D eigenvalue weighted by Crippen LogP contribution is -2.55. The van der Waals surface area contributed by atoms with Gasteiger partial charge in [0.1, 0.15) is 17.5 Å². The van der Waals surface area contributed by atoms with E-state index in [1.807, 2.05) is 6.92 Å². The molecule has 0 unspecified atom stereocenters. The number of nitrogens with two attached hydrogens (primary N) is 1. The van der Waals surface area contributed by atoms with Crippen molar-refractivity contribution in [2.24, 2.45) is 17.8 Å². The molecular weight excluding hydrogens is 260 g/mol. The zero-order valence-electron chi connectivity index (χ0n) is 13.2. The highest BCUT2D eigenvalue weighted by atomic mass is 15.1. The molecule has 0 amide bonds. The molecular formula is C17H26N4. The molecule has 4 saturated carbocycles. The molecule has 4 fully saturated rings. The monoisotopic (exact) mass is 286 g/mol. The first-order chi connectivity index (χ1) is 10.1. The largest absolute Gasteiger partial charge is 0.383 e. The maximum Gasteiger partial charge on any atom is 0.135 e. The molecule has 0 atom stereocenters. The van der Waals surface area contributed by atoms with Crippen LogP contribution < -0.4 is 11.1 Å². The van der Waals surface area contributed by atoms with Crippen LogP contribution in [0.5, 0.6) is 0 Å². The molecule has 4 nitrogen and oxygen atoms in total. The number of aryl methyl sites for hydroxylation is 1. The van der Waals surface area contributed by atoms with Gasteiger partial charge in [0, 0.05) is 17.5 Å². The van der Waals surface area contributed by atoms with Gasteiger partial charge < -0.3 is 11.1 Å². The third kappa shape index (κ3) is 2.19. The minimum atomic E-state index is 0.283. The van der Waals surface area contributed by atoms with Crippen LogP contribution in [0.2, 0.25) is 0 Å². The van der Waals surface area contributed by atoms with Crippen molar-refractivity contribution in [3.05, 3.63) is 11.4 Å². The van der Waals surface area contributed by atoms with E-state index in [4.69, 9.17) is 10.7 Å². The summed E-state index contributed by atoms with van der Waals surface area (Å²) in [5.41, 5.74) is 7.37. The minimum absolute atomic E-state index is 0.283. The van der Waals surface area contributed by atoms with Crippen LogP contribution in [-0.4, -0.2) is 15.5 Å². The van der Waals surface area contributed by atoms with E-state index in [1.165, 1.54) is 38.5 Å². The highest BCUT2D eigenvalue weighted by molar-refractivity contribution is 5.56. The summed E-state index contributed by atoms with van der Waals surface area (Å²) in [7, 11) is 0. The molecule has 21 heavy (non-hydrogen) atoms. The van der Waals surface area contributed by atoms with Crippen molar-refractivity contribution >= 4 is 11.6 Å². The van der Waals surface area contributed by atoms with Gasteiger partial charge in [-0.05, 0) is 63.2 Å². The Kier molecular flexibility index (Phi) is 2.92. The predicted molar refractivity (Wildman–Crippen MR) is 85.1 cm³/mol. The SMILES string of the molecule is CCc1nc(N)c(C)c(NC23CC4CC(CC(C4)C2)C3)n1. The molecule has 1 aromatic heterocycles. The summed E-state index contributed by atoms with van der Waals surface area (Å²) < 4.78 is 0. The number of hydrogen-bond donors (Lipinski definition) is 2. The summed E-state index contributed by atoms with van der Waals surface area (Å²) in [6.45, 7) is 4.12. The van der Waals surface area contributed by atoms with E-state index in [-0.39, 0.29) is 5.54 Å². The Bertz CT molecular complexity index is 531. The minimum Gasteiger partial charge on any atom is -0.383 e. The van der Waals surface area contributed by atoms with Gasteiger partial charge in [-0.1, -0.05) is 6.92 Å². The number of aromatic nitrogens is 2. The van der Waals surface area contributed by atoms with E-state index in [2.05, 4.69) is 17.2 Å². The molecule has 5 rings (SSSR count). The number of anilines is 2. The Morgan fingerprint density at radius 2 is 1.67 bits per heavy atom. The van der Waals surface area contributed by atoms with Crippen molar-refractivity contribution < 1.29 is 0 Å². The summed E-state index contributed by atoms with van der Waals surface area (Å²) in [6, 6.07) is 0. The van der Waals surface area contributed by atoms with Crippen LogP contribution >= 0.6 is 0 Å². The maximum atomic E-state index is 6.07. The van der Waals surface area contributed by atoms with Gasteiger partial charge in [0.2, 0.25) is 0 Å². The summed E-state index contributed by atoms with van der Waals surface area (Å²) in [5, 5.41) is 3.84. The van der Waals surface area contributed by atoms with Gasteiger partial charge in [-0.2, -0.15) is 0 Å². The molecule has 1 heterocycles. The van der Waals surface area contributed by atoms with Crippen molar-refractivity contribution in [2.45, 2.75) is 64.3 Å². The number of hydrogen-bond acceptors (Lipinski definition) is 4. The highest BCUT2D eigenvalue weighted by Crippen LogP contribution is 2.56. The van der Waals surface area contributed by atoms with E-state index < -0.39 is 0 Å². The quantitative estimate of drug-likeness (QED) is 0.894. The molecule has 0 radical (unpaired) electrons.